The molecule has 0 N–H and O–H groups in total. The maximum Gasteiger partial charge on any atom is 0.256 e. The van der Waals surface area contributed by atoms with Gasteiger partial charge in [-0.3, -0.25) is 0 Å². The van der Waals surface area contributed by atoms with Gasteiger partial charge in [-0.2, -0.15) is 0 Å². The quantitative estimate of drug-likeness (QED) is 0.135. The lowest BCUT2D eigenvalue weighted by molar-refractivity contribution is 0.482. The average molecular weight is 1350 g/mol. The zero-order valence-electron chi connectivity index (χ0n) is 60.5. The Morgan fingerprint density at radius 2 is 0.676 bits per heavy atom. The van der Waals surface area contributed by atoms with E-state index >= 15 is 0 Å². The first-order valence-electron chi connectivity index (χ1n) is 37.2. The highest BCUT2D eigenvalue weighted by molar-refractivity contribution is 7.02. The summed E-state index contributed by atoms with van der Waals surface area (Å²) in [5.74, 6) is 3.01. The average Bonchev–Trinajstić information content (AvgIpc) is 0.784. The van der Waals surface area contributed by atoms with Crippen molar-refractivity contribution < 1.29 is 10.8 Å². The predicted octanol–water partition coefficient (Wildman–Crippen LogP) is 22.2. The van der Waals surface area contributed by atoms with Gasteiger partial charge in [-0.15, -0.1) is 0 Å². The fourth-order valence-electron chi connectivity index (χ4n) is 17.2. The summed E-state index contributed by atoms with van der Waals surface area (Å²) in [4.78, 5) is 5.07. The van der Waals surface area contributed by atoms with Crippen LogP contribution in [0.3, 0.4) is 0 Å². The molecule has 105 heavy (non-hydrogen) atoms. The van der Waals surface area contributed by atoms with Crippen molar-refractivity contribution in [2.75, 3.05) is 9.80 Å². The second-order valence-corrected chi connectivity index (χ2v) is 30.6. The van der Waals surface area contributed by atoms with Crippen molar-refractivity contribution in [3.05, 3.63) is 345 Å². The molecule has 5 nitrogen and oxygen atoms in total. The first kappa shape index (κ1) is 61.1. The van der Waals surface area contributed by atoms with E-state index in [9.17, 15) is 1.37 Å². The zero-order chi connectivity index (χ0) is 71.3. The third-order valence-corrected chi connectivity index (χ3v) is 22.3. The third-order valence-electron chi connectivity index (χ3n) is 22.3. The molecule has 0 bridgehead atoms. The van der Waals surface area contributed by atoms with Crippen molar-refractivity contribution >= 4 is 102 Å². The second-order valence-electron chi connectivity index (χ2n) is 30.6. The number of benzene rings is 15. The van der Waals surface area contributed by atoms with Crippen molar-refractivity contribution in [1.82, 2.24) is 4.57 Å². The molecular formula is C98H73B2N3O2. The molecule has 5 heterocycles. The van der Waals surface area contributed by atoms with E-state index < -0.39 is 13.4 Å². The molecule has 4 aliphatic heterocycles. The van der Waals surface area contributed by atoms with Gasteiger partial charge in [0.05, 0.1) is 23.8 Å². The molecule has 0 atom stereocenters. The molecule has 498 valence electrons. The fraction of sp³-hybridized carbons (Fsp3) is 0.0816. The summed E-state index contributed by atoms with van der Waals surface area (Å²) in [6.45, 7) is 12.9. The summed E-state index contributed by atoms with van der Waals surface area (Å²) in [7, 11) is 0. The van der Waals surface area contributed by atoms with Crippen molar-refractivity contribution in [2.45, 2.75) is 52.4 Å². The van der Waals surface area contributed by atoms with Crippen LogP contribution in [-0.2, 0) is 10.8 Å². The van der Waals surface area contributed by atoms with E-state index in [2.05, 4.69) is 383 Å². The van der Waals surface area contributed by atoms with Gasteiger partial charge in [0, 0.05) is 67.5 Å². The van der Waals surface area contributed by atoms with E-state index in [0.29, 0.717) is 11.8 Å². The van der Waals surface area contributed by atoms with Crippen LogP contribution in [0.25, 0.3) is 94.3 Å². The maximum absolute atomic E-state index is 11.8. The number of nitrogens with zero attached hydrogens (tertiary/aromatic N) is 3. The lowest BCUT2D eigenvalue weighted by Gasteiger charge is -2.45. The Morgan fingerprint density at radius 3 is 1.11 bits per heavy atom. The molecule has 1 aromatic heterocycles. The van der Waals surface area contributed by atoms with Gasteiger partial charge in [0.2, 0.25) is 0 Å². The summed E-state index contributed by atoms with van der Waals surface area (Å²) in [5.41, 5.74) is 30.0. The number of ether oxygens (including phenoxy) is 2. The zero-order valence-corrected chi connectivity index (χ0v) is 59.5. The molecule has 0 radical (unpaired) electrons. The summed E-state index contributed by atoms with van der Waals surface area (Å²) in [6, 6.07) is 120. The van der Waals surface area contributed by atoms with Gasteiger partial charge in [0.25, 0.3) is 13.4 Å². The van der Waals surface area contributed by atoms with Crippen LogP contribution in [0.5, 0.6) is 23.0 Å². The molecule has 0 fully saturated rings. The highest BCUT2D eigenvalue weighted by Gasteiger charge is 2.49. The van der Waals surface area contributed by atoms with Gasteiger partial charge in [-0.1, -0.05) is 302 Å². The van der Waals surface area contributed by atoms with E-state index in [-0.39, 0.29) is 10.8 Å². The van der Waals surface area contributed by atoms with Crippen LogP contribution in [0.1, 0.15) is 54.0 Å². The number of hydrogen-bond acceptors (Lipinski definition) is 4. The van der Waals surface area contributed by atoms with Crippen LogP contribution in [-0.4, -0.2) is 18.0 Å². The molecule has 16 aromatic rings. The molecule has 0 aliphatic carbocycles. The highest BCUT2D eigenvalue weighted by Crippen LogP contribution is 2.54. The van der Waals surface area contributed by atoms with Gasteiger partial charge in [0.15, 0.2) is 0 Å². The van der Waals surface area contributed by atoms with E-state index in [0.717, 1.165) is 168 Å². The van der Waals surface area contributed by atoms with Crippen LogP contribution in [0.4, 0.5) is 34.1 Å². The summed E-state index contributed by atoms with van der Waals surface area (Å²) < 4.78 is 29.6. The van der Waals surface area contributed by atoms with E-state index in [1.165, 1.54) is 21.9 Å². The van der Waals surface area contributed by atoms with Crippen molar-refractivity contribution in [1.29, 1.82) is 0 Å². The van der Waals surface area contributed by atoms with Crippen molar-refractivity contribution in [3.8, 4) is 95.4 Å². The number of para-hydroxylation sites is 3. The molecule has 20 rings (SSSR count). The first-order chi connectivity index (χ1) is 51.8. The van der Waals surface area contributed by atoms with E-state index in [1.807, 2.05) is 0 Å². The Balaban J connectivity index is 0.911. The number of anilines is 6. The monoisotopic (exact) mass is 1350 g/mol. The van der Waals surface area contributed by atoms with Crippen LogP contribution in [0, 0.1) is 0 Å². The smallest absolute Gasteiger partial charge is 0.256 e. The van der Waals surface area contributed by atoms with Gasteiger partial charge < -0.3 is 23.8 Å². The minimum Gasteiger partial charge on any atom is -0.458 e. The maximum atomic E-state index is 11.8. The first-order valence-corrected chi connectivity index (χ1v) is 36.7. The van der Waals surface area contributed by atoms with E-state index in [1.54, 1.807) is 0 Å². The molecule has 0 unspecified atom stereocenters. The van der Waals surface area contributed by atoms with Crippen LogP contribution < -0.4 is 52.1 Å². The largest absolute Gasteiger partial charge is 0.458 e. The number of aromatic nitrogens is 1. The Kier molecular flexibility index (Phi) is 14.0. The Hall–Kier alpha value is -12.6. The molecule has 4 aliphatic rings. The Morgan fingerprint density at radius 1 is 0.286 bits per heavy atom. The fourth-order valence-corrected chi connectivity index (χ4v) is 17.2. The number of hydrogen-bond donors (Lipinski definition) is 0. The Labute approximate surface area is 616 Å². The van der Waals surface area contributed by atoms with Gasteiger partial charge >= 0.3 is 0 Å². The molecule has 7 heteroatoms. The number of rotatable bonds is 9. The summed E-state index contributed by atoms with van der Waals surface area (Å²) >= 11 is 0. The number of fused-ring (bicyclic) bond motifs is 11. The van der Waals surface area contributed by atoms with Gasteiger partial charge in [0.1, 0.15) is 23.0 Å². The predicted molar refractivity (Wildman–Crippen MR) is 443 cm³/mol. The molecule has 0 spiro atoms. The molecule has 0 amide bonds. The van der Waals surface area contributed by atoms with Crippen LogP contribution in [0.2, 0.25) is 0 Å². The SMILES string of the molecule is [2H]c1c2c(cc3c1B1c4ccccc4Oc4cc(C(C)(C)C)cc(c41)N3c1c(-c3ccccc3)cccc1-c1ccccc1)Oc1cc(C(C)(C)C)cc3c1B2c1ccc(-n2c4ccc(-c5ccccc5)cc4c4cc(-c5ccccc5)ccc42)cc1N3c1c(-c2ccccc2)cccc1-c1ccccc1. The Bertz CT molecular complexity index is 6040. The lowest BCUT2D eigenvalue weighted by atomic mass is 9.31. The molecule has 0 saturated heterocycles. The molecular weight excluding hydrogens is 1270 g/mol. The minimum absolute atomic E-state index is 0.273. The lowest BCUT2D eigenvalue weighted by Crippen LogP contribution is -2.63. The third kappa shape index (κ3) is 10.1. The van der Waals surface area contributed by atoms with Crippen LogP contribution >= 0.6 is 0 Å². The van der Waals surface area contributed by atoms with Gasteiger partial charge in [-0.25, -0.2) is 0 Å². The van der Waals surface area contributed by atoms with E-state index in [4.69, 9.17) is 9.47 Å². The summed E-state index contributed by atoms with van der Waals surface area (Å²) in [5, 5.41) is 2.34. The van der Waals surface area contributed by atoms with Gasteiger partial charge in [-0.05, 0) is 166 Å². The topological polar surface area (TPSA) is 29.9 Å². The highest BCUT2D eigenvalue weighted by atomic mass is 16.5. The normalized spacial score (nSPS) is 13.3. The van der Waals surface area contributed by atoms with Crippen molar-refractivity contribution in [3.63, 3.8) is 0 Å². The standard InChI is InChI=1S/C98H73B2N3O2/c1-97(2,3)70-56-88-94-91(57-70)104-89-46-26-25-45-80(89)100(94)81-60-82-90(61-86(81)103(88)96-75(66-37-21-11-22-38-66)43-28-44-76(96)67-39-23-12-24-40-67)105-92-58-71(98(4,5)6)55-87-93(92)99(82)79-50-49-72(59-85(79)102(87)95-73(64-33-17-9-18-34-64)41-27-42-74(95)65-35-19-10-20-36-65)101-83-51-47-68(62-29-13-7-14-30-62)53-77(83)78-54-69(48-52-84(78)101)63-31-15-8-16-32-63/h7-61H,1-6H3/i60D. The van der Waals surface area contributed by atoms with Crippen LogP contribution in [0.15, 0.2) is 334 Å². The molecule has 0 saturated carbocycles. The second kappa shape index (κ2) is 24.0. The molecule has 15 aromatic carbocycles. The summed E-state index contributed by atoms with van der Waals surface area (Å²) in [6.07, 6.45) is 0. The minimum atomic E-state index is -0.492. The van der Waals surface area contributed by atoms with Crippen molar-refractivity contribution in [2.24, 2.45) is 0 Å².